The van der Waals surface area contributed by atoms with Crippen molar-refractivity contribution in [1.82, 2.24) is 24.8 Å². The summed E-state index contributed by atoms with van der Waals surface area (Å²) < 4.78 is 11.2. The Bertz CT molecular complexity index is 1070. The van der Waals surface area contributed by atoms with E-state index < -0.39 is 5.76 Å². The van der Waals surface area contributed by atoms with Crippen molar-refractivity contribution in [2.45, 2.75) is 6.54 Å². The van der Waals surface area contributed by atoms with E-state index in [0.29, 0.717) is 17.0 Å². The molecule has 1 aromatic carbocycles. The van der Waals surface area contributed by atoms with Crippen LogP contribution in [0.25, 0.3) is 22.8 Å². The molecule has 124 valence electrons. The van der Waals surface area contributed by atoms with E-state index in [1.165, 1.54) is 10.6 Å². The van der Waals surface area contributed by atoms with Crippen molar-refractivity contribution in [3.05, 3.63) is 65.2 Å². The highest BCUT2D eigenvalue weighted by molar-refractivity contribution is 5.61. The van der Waals surface area contributed by atoms with Crippen LogP contribution in [0.4, 0.5) is 0 Å². The molecule has 0 saturated carbocycles. The quantitative estimate of drug-likeness (QED) is 0.597. The lowest BCUT2D eigenvalue weighted by Crippen LogP contribution is -2.17. The second-order valence-electron chi connectivity index (χ2n) is 5.13. The summed E-state index contributed by atoms with van der Waals surface area (Å²) in [6.07, 6.45) is 3.17. The molecule has 0 unspecified atom stereocenters. The zero-order valence-corrected chi connectivity index (χ0v) is 12.7. The molecule has 3 aromatic heterocycles. The smallest absolute Gasteiger partial charge is 0.442 e. The molecular weight excluding hydrogens is 326 g/mol. The van der Waals surface area contributed by atoms with Gasteiger partial charge in [0.25, 0.3) is 5.89 Å². The Morgan fingerprint density at radius 1 is 1.04 bits per heavy atom. The van der Waals surface area contributed by atoms with Gasteiger partial charge in [0.2, 0.25) is 0 Å². The Hall–Kier alpha value is -3.75. The molecule has 3 heterocycles. The van der Waals surface area contributed by atoms with Gasteiger partial charge in [0, 0.05) is 18.0 Å². The van der Waals surface area contributed by atoms with Gasteiger partial charge in [-0.1, -0.05) is 22.4 Å². The third-order valence-corrected chi connectivity index (χ3v) is 3.53. The number of benzene rings is 1. The molecule has 0 fully saturated rings. The van der Waals surface area contributed by atoms with Crippen molar-refractivity contribution < 1.29 is 14.2 Å². The number of phenols is 1. The minimum Gasteiger partial charge on any atom is -0.507 e. The van der Waals surface area contributed by atoms with Gasteiger partial charge in [0.1, 0.15) is 5.75 Å². The summed E-state index contributed by atoms with van der Waals surface area (Å²) in [5.74, 6) is 0.126. The van der Waals surface area contributed by atoms with E-state index in [1.54, 1.807) is 42.7 Å². The van der Waals surface area contributed by atoms with Crippen LogP contribution in [-0.4, -0.2) is 30.0 Å². The Kier molecular flexibility index (Phi) is 3.58. The van der Waals surface area contributed by atoms with E-state index in [-0.39, 0.29) is 24.0 Å². The van der Waals surface area contributed by atoms with Gasteiger partial charge in [-0.05, 0) is 24.3 Å². The first kappa shape index (κ1) is 14.8. The highest BCUT2D eigenvalue weighted by Crippen LogP contribution is 2.27. The van der Waals surface area contributed by atoms with E-state index in [4.69, 9.17) is 9.05 Å². The minimum absolute atomic E-state index is 0.0110. The van der Waals surface area contributed by atoms with E-state index in [0.717, 1.165) is 0 Å². The lowest BCUT2D eigenvalue weighted by atomic mass is 10.2. The number of hydrogen-bond donors (Lipinski definition) is 1. The number of hydrogen-bond acceptors (Lipinski definition) is 8. The van der Waals surface area contributed by atoms with Crippen LogP contribution < -0.4 is 5.76 Å². The molecule has 0 saturated heterocycles. The van der Waals surface area contributed by atoms with Crippen molar-refractivity contribution in [2.24, 2.45) is 0 Å². The van der Waals surface area contributed by atoms with Gasteiger partial charge in [-0.3, -0.25) is 9.51 Å². The molecule has 9 nitrogen and oxygen atoms in total. The molecule has 0 aliphatic heterocycles. The van der Waals surface area contributed by atoms with E-state index in [1.807, 2.05) is 0 Å². The third-order valence-electron chi connectivity index (χ3n) is 3.53. The molecule has 0 atom stereocenters. The topological polar surface area (TPSA) is 120 Å². The van der Waals surface area contributed by atoms with Crippen LogP contribution in [0.1, 0.15) is 5.82 Å². The summed E-state index contributed by atoms with van der Waals surface area (Å²) in [5.41, 5.74) is 1.08. The third kappa shape index (κ3) is 2.78. The predicted molar refractivity (Wildman–Crippen MR) is 84.5 cm³/mol. The summed E-state index contributed by atoms with van der Waals surface area (Å²) in [5, 5.41) is 17.5. The van der Waals surface area contributed by atoms with Crippen LogP contribution in [0.5, 0.6) is 5.75 Å². The second kappa shape index (κ2) is 6.04. The molecule has 0 radical (unpaired) electrons. The van der Waals surface area contributed by atoms with Gasteiger partial charge in [-0.2, -0.15) is 4.98 Å². The fourth-order valence-electron chi connectivity index (χ4n) is 2.34. The fraction of sp³-hybridized carbons (Fsp3) is 0.0625. The highest BCUT2D eigenvalue weighted by atomic mass is 16.5. The van der Waals surface area contributed by atoms with Crippen molar-refractivity contribution in [1.29, 1.82) is 0 Å². The summed E-state index contributed by atoms with van der Waals surface area (Å²) in [6.45, 7) is 0.0110. The lowest BCUT2D eigenvalue weighted by molar-refractivity contribution is 0.375. The summed E-state index contributed by atoms with van der Waals surface area (Å²) in [6, 6.07) is 10.0. The molecule has 0 aliphatic carbocycles. The Balaban J connectivity index is 1.68. The van der Waals surface area contributed by atoms with Crippen LogP contribution in [0.3, 0.4) is 0 Å². The van der Waals surface area contributed by atoms with Gasteiger partial charge in [-0.25, -0.2) is 9.36 Å². The molecule has 25 heavy (non-hydrogen) atoms. The van der Waals surface area contributed by atoms with Gasteiger partial charge < -0.3 is 9.63 Å². The van der Waals surface area contributed by atoms with Gasteiger partial charge in [0.05, 0.1) is 12.1 Å². The molecule has 0 spiro atoms. The van der Waals surface area contributed by atoms with E-state index >= 15 is 0 Å². The maximum absolute atomic E-state index is 11.9. The van der Waals surface area contributed by atoms with E-state index in [2.05, 4.69) is 20.3 Å². The molecule has 4 aromatic rings. The van der Waals surface area contributed by atoms with Crippen LogP contribution in [0.15, 0.2) is 62.6 Å². The van der Waals surface area contributed by atoms with Crippen molar-refractivity contribution in [3.8, 4) is 28.6 Å². The molecular formula is C16H11N5O4. The number of para-hydroxylation sites is 1. The SMILES string of the molecule is O=c1onc(-c2ccncc2)n1Cc1noc(-c2ccccc2O)n1. The average Bonchev–Trinajstić information content (AvgIpc) is 3.24. The van der Waals surface area contributed by atoms with Crippen LogP contribution >= 0.6 is 0 Å². The first-order valence-electron chi connectivity index (χ1n) is 7.30. The van der Waals surface area contributed by atoms with E-state index in [9.17, 15) is 9.90 Å². The summed E-state index contributed by atoms with van der Waals surface area (Å²) in [4.78, 5) is 20.1. The Morgan fingerprint density at radius 3 is 2.64 bits per heavy atom. The first-order valence-corrected chi connectivity index (χ1v) is 7.30. The Labute approximate surface area is 140 Å². The normalized spacial score (nSPS) is 10.9. The number of pyridine rings is 1. The maximum atomic E-state index is 11.9. The second-order valence-corrected chi connectivity index (χ2v) is 5.13. The highest BCUT2D eigenvalue weighted by Gasteiger charge is 2.17. The number of phenolic OH excluding ortho intramolecular Hbond substituents is 1. The van der Waals surface area contributed by atoms with Gasteiger partial charge in [-0.15, -0.1) is 0 Å². The fourth-order valence-corrected chi connectivity index (χ4v) is 2.34. The Morgan fingerprint density at radius 2 is 1.84 bits per heavy atom. The summed E-state index contributed by atoms with van der Waals surface area (Å²) >= 11 is 0. The van der Waals surface area contributed by atoms with Crippen molar-refractivity contribution in [2.75, 3.05) is 0 Å². The zero-order valence-electron chi connectivity index (χ0n) is 12.7. The van der Waals surface area contributed by atoms with Crippen molar-refractivity contribution in [3.63, 3.8) is 0 Å². The number of aromatic hydroxyl groups is 1. The standard InChI is InChI=1S/C16H11N5O4/c22-12-4-2-1-3-11(12)15-18-13(19-24-15)9-21-14(20-25-16(21)23)10-5-7-17-8-6-10/h1-8,22H,9H2. The molecule has 1 N–H and O–H groups in total. The summed E-state index contributed by atoms with van der Waals surface area (Å²) in [7, 11) is 0. The number of aromatic nitrogens is 5. The predicted octanol–water partition coefficient (Wildman–Crippen LogP) is 1.70. The monoisotopic (exact) mass is 337 g/mol. The molecule has 4 rings (SSSR count). The van der Waals surface area contributed by atoms with Crippen LogP contribution in [0.2, 0.25) is 0 Å². The molecule has 0 bridgehead atoms. The lowest BCUT2D eigenvalue weighted by Gasteiger charge is -2.00. The average molecular weight is 337 g/mol. The number of nitrogens with zero attached hydrogens (tertiary/aromatic N) is 5. The largest absolute Gasteiger partial charge is 0.507 e. The molecule has 9 heteroatoms. The van der Waals surface area contributed by atoms with Crippen LogP contribution in [0, 0.1) is 0 Å². The van der Waals surface area contributed by atoms with Gasteiger partial charge >= 0.3 is 5.76 Å². The maximum Gasteiger partial charge on any atom is 0.442 e. The molecule has 0 amide bonds. The zero-order chi connectivity index (χ0) is 17.2. The first-order chi connectivity index (χ1) is 12.2. The minimum atomic E-state index is -0.638. The van der Waals surface area contributed by atoms with Gasteiger partial charge in [0.15, 0.2) is 11.6 Å². The molecule has 0 aliphatic rings. The van der Waals surface area contributed by atoms with Crippen LogP contribution in [-0.2, 0) is 6.54 Å². The van der Waals surface area contributed by atoms with Crippen molar-refractivity contribution >= 4 is 0 Å². The number of rotatable bonds is 4.